The number of hydrogen-bond acceptors (Lipinski definition) is 7. The van der Waals surface area contributed by atoms with E-state index in [4.69, 9.17) is 9.15 Å². The number of nitrogens with one attached hydrogen (secondary N) is 1. The number of aromatic nitrogens is 3. The molecule has 0 aliphatic rings. The van der Waals surface area contributed by atoms with Gasteiger partial charge < -0.3 is 9.15 Å². The summed E-state index contributed by atoms with van der Waals surface area (Å²) in [5.41, 5.74) is 2.03. The molecule has 0 spiro atoms. The van der Waals surface area contributed by atoms with Crippen LogP contribution in [0.25, 0.3) is 11.5 Å². The molecule has 2 heterocycles. The topological polar surface area (TPSA) is 107 Å². The Morgan fingerprint density at radius 2 is 1.85 bits per heavy atom. The van der Waals surface area contributed by atoms with Crippen LogP contribution in [0.15, 0.2) is 46.0 Å². The Bertz CT molecular complexity index is 1020. The lowest BCUT2D eigenvalue weighted by atomic mass is 10.1. The van der Waals surface area contributed by atoms with Gasteiger partial charge in [-0.05, 0) is 49.2 Å². The molecular formula is C17H18N4O4S. The van der Waals surface area contributed by atoms with Crippen molar-refractivity contribution < 1.29 is 17.6 Å². The maximum atomic E-state index is 12.6. The van der Waals surface area contributed by atoms with Gasteiger partial charge in [0.25, 0.3) is 0 Å². The Hall–Kier alpha value is -2.78. The second kappa shape index (κ2) is 7.22. The normalized spacial score (nSPS) is 11.5. The van der Waals surface area contributed by atoms with Gasteiger partial charge >= 0.3 is 0 Å². The molecule has 0 atom stereocenters. The molecule has 26 heavy (non-hydrogen) atoms. The predicted octanol–water partition coefficient (Wildman–Crippen LogP) is 2.24. The van der Waals surface area contributed by atoms with Crippen molar-refractivity contribution in [3.05, 3.63) is 53.7 Å². The van der Waals surface area contributed by atoms with Crippen molar-refractivity contribution in [2.45, 2.75) is 25.3 Å². The van der Waals surface area contributed by atoms with Crippen LogP contribution in [0.3, 0.4) is 0 Å². The number of hydrogen-bond donors (Lipinski definition) is 1. The first-order chi connectivity index (χ1) is 12.4. The quantitative estimate of drug-likeness (QED) is 0.705. The maximum absolute atomic E-state index is 12.6. The fraction of sp³-hybridized carbons (Fsp3) is 0.235. The van der Waals surface area contributed by atoms with Crippen LogP contribution in [0, 0.1) is 13.8 Å². The molecule has 0 fully saturated rings. The third-order valence-electron chi connectivity index (χ3n) is 3.79. The van der Waals surface area contributed by atoms with Crippen molar-refractivity contribution >= 4 is 10.0 Å². The van der Waals surface area contributed by atoms with E-state index in [9.17, 15) is 8.42 Å². The maximum Gasteiger partial charge on any atom is 0.247 e. The van der Waals surface area contributed by atoms with E-state index in [1.807, 2.05) is 0 Å². The van der Waals surface area contributed by atoms with Crippen molar-refractivity contribution in [1.82, 2.24) is 19.9 Å². The molecule has 0 radical (unpaired) electrons. The van der Waals surface area contributed by atoms with E-state index in [0.29, 0.717) is 22.8 Å². The molecule has 0 aliphatic heterocycles. The average molecular weight is 374 g/mol. The number of rotatable bonds is 6. The Morgan fingerprint density at radius 3 is 2.54 bits per heavy atom. The van der Waals surface area contributed by atoms with Gasteiger partial charge in [-0.2, -0.15) is 0 Å². The van der Waals surface area contributed by atoms with E-state index < -0.39 is 10.0 Å². The van der Waals surface area contributed by atoms with Crippen LogP contribution in [0.1, 0.15) is 17.0 Å². The highest BCUT2D eigenvalue weighted by atomic mass is 32.2. The van der Waals surface area contributed by atoms with Gasteiger partial charge in [0.15, 0.2) is 0 Å². The highest BCUT2D eigenvalue weighted by Crippen LogP contribution is 2.25. The molecule has 8 nitrogen and oxygen atoms in total. The fourth-order valence-corrected chi connectivity index (χ4v) is 3.73. The van der Waals surface area contributed by atoms with Crippen LogP contribution < -0.4 is 9.46 Å². The molecule has 0 bridgehead atoms. The first-order valence-corrected chi connectivity index (χ1v) is 9.26. The van der Waals surface area contributed by atoms with Crippen LogP contribution in [0.5, 0.6) is 5.75 Å². The summed E-state index contributed by atoms with van der Waals surface area (Å²) < 4.78 is 38.4. The van der Waals surface area contributed by atoms with Gasteiger partial charge in [-0.3, -0.25) is 4.98 Å². The van der Waals surface area contributed by atoms with Gasteiger partial charge in [0.2, 0.25) is 21.8 Å². The molecule has 136 valence electrons. The first kappa shape index (κ1) is 18.0. The number of aryl methyl sites for hydroxylation is 2. The molecule has 0 unspecified atom stereocenters. The lowest BCUT2D eigenvalue weighted by Gasteiger charge is -2.12. The summed E-state index contributed by atoms with van der Waals surface area (Å²) in [4.78, 5) is 4.10. The highest BCUT2D eigenvalue weighted by Gasteiger charge is 2.20. The van der Waals surface area contributed by atoms with Gasteiger partial charge in [0.1, 0.15) is 5.75 Å². The summed E-state index contributed by atoms with van der Waals surface area (Å²) in [6.45, 7) is 3.39. The van der Waals surface area contributed by atoms with Crippen molar-refractivity contribution in [2.24, 2.45) is 0 Å². The monoisotopic (exact) mass is 374 g/mol. The van der Waals surface area contributed by atoms with Crippen LogP contribution >= 0.6 is 0 Å². The second-order valence-corrected chi connectivity index (χ2v) is 7.38. The number of methoxy groups -OCH3 is 1. The third kappa shape index (κ3) is 3.73. The van der Waals surface area contributed by atoms with Crippen molar-refractivity contribution in [1.29, 1.82) is 0 Å². The number of ether oxygens (including phenoxy) is 1. The highest BCUT2D eigenvalue weighted by molar-refractivity contribution is 7.89. The molecular weight excluding hydrogens is 356 g/mol. The summed E-state index contributed by atoms with van der Waals surface area (Å²) in [6.07, 6.45) is 3.22. The number of nitrogens with zero attached hydrogens (tertiary/aromatic N) is 3. The van der Waals surface area contributed by atoms with Gasteiger partial charge in [0, 0.05) is 18.0 Å². The standard InChI is InChI=1S/C17H18N4O4S/c1-11-9-15(12(2)8-14(11)24-3)26(22,23)19-10-16-20-21-17(25-16)13-4-6-18-7-5-13/h4-9,19H,10H2,1-3H3. The minimum absolute atomic E-state index is 0.106. The number of benzene rings is 1. The van der Waals surface area contributed by atoms with Crippen molar-refractivity contribution in [2.75, 3.05) is 7.11 Å². The van der Waals surface area contributed by atoms with Gasteiger partial charge in [-0.15, -0.1) is 10.2 Å². The van der Waals surface area contributed by atoms with E-state index >= 15 is 0 Å². The fourth-order valence-electron chi connectivity index (χ4n) is 2.44. The van der Waals surface area contributed by atoms with Crippen LogP contribution in [-0.4, -0.2) is 30.7 Å². The third-order valence-corrected chi connectivity index (χ3v) is 5.33. The van der Waals surface area contributed by atoms with Crippen LogP contribution in [0.2, 0.25) is 0 Å². The second-order valence-electron chi connectivity index (χ2n) is 5.65. The SMILES string of the molecule is COc1cc(C)c(S(=O)(=O)NCc2nnc(-c3ccncc3)o2)cc1C. The zero-order chi connectivity index (χ0) is 18.7. The van der Waals surface area contributed by atoms with Gasteiger partial charge in [0.05, 0.1) is 18.6 Å². The summed E-state index contributed by atoms with van der Waals surface area (Å²) in [5.74, 6) is 1.11. The molecule has 1 aromatic carbocycles. The Balaban J connectivity index is 1.77. The summed E-state index contributed by atoms with van der Waals surface area (Å²) >= 11 is 0. The minimum Gasteiger partial charge on any atom is -0.496 e. The minimum atomic E-state index is -3.74. The number of sulfonamides is 1. The van der Waals surface area contributed by atoms with E-state index in [2.05, 4.69) is 19.9 Å². The molecule has 0 saturated carbocycles. The average Bonchev–Trinajstić information content (AvgIpc) is 3.11. The molecule has 3 rings (SSSR count). The molecule has 3 aromatic rings. The first-order valence-electron chi connectivity index (χ1n) is 7.78. The van der Waals surface area contributed by atoms with E-state index in [-0.39, 0.29) is 17.3 Å². The largest absolute Gasteiger partial charge is 0.496 e. The smallest absolute Gasteiger partial charge is 0.247 e. The zero-order valence-electron chi connectivity index (χ0n) is 14.6. The Morgan fingerprint density at radius 1 is 1.12 bits per heavy atom. The van der Waals surface area contributed by atoms with Crippen LogP contribution in [0.4, 0.5) is 0 Å². The lowest BCUT2D eigenvalue weighted by molar-refractivity contribution is 0.411. The van der Waals surface area contributed by atoms with E-state index in [1.54, 1.807) is 57.6 Å². The molecule has 0 amide bonds. The molecule has 0 saturated heterocycles. The van der Waals surface area contributed by atoms with Crippen LogP contribution in [-0.2, 0) is 16.6 Å². The van der Waals surface area contributed by atoms with E-state index in [0.717, 1.165) is 5.56 Å². The summed E-state index contributed by atoms with van der Waals surface area (Å²) in [7, 11) is -2.19. The molecule has 0 aliphatic carbocycles. The van der Waals surface area contributed by atoms with Gasteiger partial charge in [-0.25, -0.2) is 13.1 Å². The van der Waals surface area contributed by atoms with Crippen molar-refractivity contribution in [3.63, 3.8) is 0 Å². The van der Waals surface area contributed by atoms with E-state index in [1.165, 1.54) is 0 Å². The summed E-state index contributed by atoms with van der Waals surface area (Å²) in [6, 6.07) is 6.72. The Kier molecular flexibility index (Phi) is 5.01. The lowest BCUT2D eigenvalue weighted by Crippen LogP contribution is -2.24. The van der Waals surface area contributed by atoms with Crippen molar-refractivity contribution in [3.8, 4) is 17.2 Å². The Labute approximate surface area is 151 Å². The van der Waals surface area contributed by atoms with Gasteiger partial charge in [-0.1, -0.05) is 0 Å². The molecule has 9 heteroatoms. The predicted molar refractivity (Wildman–Crippen MR) is 94.0 cm³/mol. The molecule has 1 N–H and O–H groups in total. The number of pyridine rings is 1. The molecule has 2 aromatic heterocycles. The zero-order valence-corrected chi connectivity index (χ0v) is 15.4. The summed E-state index contributed by atoms with van der Waals surface area (Å²) in [5, 5.41) is 7.79.